The van der Waals surface area contributed by atoms with Crippen LogP contribution in [0.3, 0.4) is 0 Å². The van der Waals surface area contributed by atoms with Gasteiger partial charge in [-0.3, -0.25) is 0 Å². The molecule has 0 saturated heterocycles. The topological polar surface area (TPSA) is 81.3 Å². The molecule has 3 N–H and O–H groups in total. The van der Waals surface area contributed by atoms with Crippen LogP contribution in [-0.2, 0) is 0 Å². The van der Waals surface area contributed by atoms with Gasteiger partial charge in [0.15, 0.2) is 5.82 Å². The first kappa shape index (κ1) is 16.2. The molecule has 2 aromatic carbocycles. The number of halogens is 1. The summed E-state index contributed by atoms with van der Waals surface area (Å²) in [4.78, 5) is 0. The summed E-state index contributed by atoms with van der Waals surface area (Å²) in [5, 5.41) is 19.4. The molecule has 5 nitrogen and oxygen atoms in total. The third-order valence-corrected chi connectivity index (χ3v) is 4.07. The molecule has 0 spiro atoms. The first-order chi connectivity index (χ1) is 11.4. The van der Waals surface area contributed by atoms with E-state index in [2.05, 4.69) is 10.2 Å². The number of benzene rings is 2. The largest absolute Gasteiger partial charge is 0.496 e. The zero-order valence-electron chi connectivity index (χ0n) is 13.7. The quantitative estimate of drug-likeness (QED) is 0.721. The summed E-state index contributed by atoms with van der Waals surface area (Å²) in [5.41, 5.74) is 8.34. The predicted molar refractivity (Wildman–Crippen MR) is 94.1 cm³/mol. The van der Waals surface area contributed by atoms with Crippen LogP contribution < -0.4 is 15.9 Å². The minimum atomic E-state index is -0.918. The van der Waals surface area contributed by atoms with Crippen LogP contribution in [0.15, 0.2) is 30.3 Å². The van der Waals surface area contributed by atoms with Gasteiger partial charge in [0.25, 0.3) is 0 Å². The third-order valence-electron chi connectivity index (χ3n) is 4.07. The Morgan fingerprint density at radius 3 is 2.58 bits per heavy atom. The zero-order chi connectivity index (χ0) is 17.4. The normalized spacial score (nSPS) is 10.9. The van der Waals surface area contributed by atoms with Crippen LogP contribution in [0.2, 0.25) is 6.82 Å². The molecule has 7 heteroatoms. The van der Waals surface area contributed by atoms with Crippen LogP contribution in [0.4, 0.5) is 10.2 Å². The maximum atomic E-state index is 14.1. The van der Waals surface area contributed by atoms with Gasteiger partial charge in [0.1, 0.15) is 11.6 Å². The van der Waals surface area contributed by atoms with Crippen molar-refractivity contribution in [1.82, 2.24) is 10.2 Å². The number of rotatable bonds is 3. The number of hydrogen-bond acceptors (Lipinski definition) is 5. The average Bonchev–Trinajstić information content (AvgIpc) is 2.57. The van der Waals surface area contributed by atoms with Gasteiger partial charge < -0.3 is 15.5 Å². The SMILES string of the molecule is COc1cc(F)c(B(C)O)cc1-c1ccc2c(N)nnc(C)c2c1. The van der Waals surface area contributed by atoms with Gasteiger partial charge in [0.2, 0.25) is 0 Å². The van der Waals surface area contributed by atoms with Crippen molar-refractivity contribution < 1.29 is 14.2 Å². The summed E-state index contributed by atoms with van der Waals surface area (Å²) < 4.78 is 19.4. The highest BCUT2D eigenvalue weighted by Crippen LogP contribution is 2.33. The Labute approximate surface area is 139 Å². The fourth-order valence-electron chi connectivity index (χ4n) is 2.76. The molecule has 3 rings (SSSR count). The number of anilines is 1. The van der Waals surface area contributed by atoms with E-state index in [1.54, 1.807) is 6.07 Å². The lowest BCUT2D eigenvalue weighted by molar-refractivity contribution is 0.413. The second-order valence-corrected chi connectivity index (χ2v) is 5.68. The van der Waals surface area contributed by atoms with E-state index in [4.69, 9.17) is 10.5 Å². The van der Waals surface area contributed by atoms with Crippen LogP contribution in [-0.4, -0.2) is 29.2 Å². The van der Waals surface area contributed by atoms with Crippen molar-refractivity contribution in [1.29, 1.82) is 0 Å². The van der Waals surface area contributed by atoms with E-state index in [9.17, 15) is 9.41 Å². The number of nitrogens with zero attached hydrogens (tertiary/aromatic N) is 2. The summed E-state index contributed by atoms with van der Waals surface area (Å²) in [6.45, 7) is 2.45. The Morgan fingerprint density at radius 1 is 1.17 bits per heavy atom. The smallest absolute Gasteiger partial charge is 0.323 e. The molecule has 0 saturated carbocycles. The van der Waals surface area contributed by atoms with Gasteiger partial charge in [-0.15, -0.1) is 5.10 Å². The van der Waals surface area contributed by atoms with E-state index in [1.807, 2.05) is 25.1 Å². The minimum absolute atomic E-state index is 0.218. The standard InChI is InChI=1S/C17H17BFN3O2/c1-9-12-6-10(4-5-11(12)17(20)22-21-9)13-7-14(18(2)23)15(19)8-16(13)24-3/h4-8,23H,1-3H3,(H2,20,22). The van der Waals surface area contributed by atoms with E-state index in [-0.39, 0.29) is 5.46 Å². The molecule has 0 unspecified atom stereocenters. The lowest BCUT2D eigenvalue weighted by atomic mass is 9.63. The van der Waals surface area contributed by atoms with Crippen molar-refractivity contribution in [3.8, 4) is 16.9 Å². The first-order valence-corrected chi connectivity index (χ1v) is 7.50. The molecule has 0 amide bonds. The van der Waals surface area contributed by atoms with Crippen LogP contribution in [0.25, 0.3) is 21.9 Å². The minimum Gasteiger partial charge on any atom is -0.496 e. The van der Waals surface area contributed by atoms with E-state index in [0.717, 1.165) is 22.0 Å². The lowest BCUT2D eigenvalue weighted by Gasteiger charge is -2.14. The van der Waals surface area contributed by atoms with E-state index >= 15 is 0 Å². The summed E-state index contributed by atoms with van der Waals surface area (Å²) in [5.74, 6) is 0.250. The number of hydrogen-bond donors (Lipinski definition) is 2. The predicted octanol–water partition coefficient (Wildman–Crippen LogP) is 2.16. The molecule has 24 heavy (non-hydrogen) atoms. The molecular weight excluding hydrogens is 308 g/mol. The fourth-order valence-corrected chi connectivity index (χ4v) is 2.76. The second kappa shape index (κ2) is 6.09. The Bertz CT molecular complexity index is 931. The average molecular weight is 325 g/mol. The van der Waals surface area contributed by atoms with E-state index in [1.165, 1.54) is 20.0 Å². The van der Waals surface area contributed by atoms with E-state index < -0.39 is 12.7 Å². The van der Waals surface area contributed by atoms with Crippen molar-refractivity contribution in [2.45, 2.75) is 13.7 Å². The highest BCUT2D eigenvalue weighted by atomic mass is 19.1. The molecule has 0 fully saturated rings. The van der Waals surface area contributed by atoms with Gasteiger partial charge in [0, 0.05) is 22.4 Å². The molecule has 1 heterocycles. The Morgan fingerprint density at radius 2 is 1.92 bits per heavy atom. The molecule has 1 aromatic heterocycles. The molecule has 0 aliphatic heterocycles. The monoisotopic (exact) mass is 325 g/mol. The Hall–Kier alpha value is -2.67. The summed E-state index contributed by atoms with van der Waals surface area (Å²) in [6, 6.07) is 8.52. The lowest BCUT2D eigenvalue weighted by Crippen LogP contribution is -2.29. The second-order valence-electron chi connectivity index (χ2n) is 5.68. The van der Waals surface area contributed by atoms with Crippen LogP contribution in [0.5, 0.6) is 5.75 Å². The number of ether oxygens (including phenoxy) is 1. The van der Waals surface area contributed by atoms with Crippen LogP contribution in [0.1, 0.15) is 5.69 Å². The van der Waals surface area contributed by atoms with Crippen molar-refractivity contribution in [3.05, 3.63) is 41.8 Å². The van der Waals surface area contributed by atoms with Gasteiger partial charge in [-0.05, 0) is 30.1 Å². The third kappa shape index (κ3) is 2.67. The molecule has 3 aromatic rings. The molecule has 0 aliphatic carbocycles. The maximum absolute atomic E-state index is 14.1. The fraction of sp³-hybridized carbons (Fsp3) is 0.176. The van der Waals surface area contributed by atoms with Gasteiger partial charge in [-0.1, -0.05) is 19.0 Å². The first-order valence-electron chi connectivity index (χ1n) is 7.50. The molecular formula is C17H17BFN3O2. The van der Waals surface area contributed by atoms with Crippen molar-refractivity contribution in [3.63, 3.8) is 0 Å². The van der Waals surface area contributed by atoms with E-state index in [0.29, 0.717) is 17.1 Å². The number of nitrogens with two attached hydrogens (primary N) is 1. The maximum Gasteiger partial charge on any atom is 0.323 e. The molecule has 122 valence electrons. The van der Waals surface area contributed by atoms with Crippen molar-refractivity contribution >= 4 is 29.0 Å². The molecule has 0 aliphatic rings. The van der Waals surface area contributed by atoms with Gasteiger partial charge in [-0.25, -0.2) is 4.39 Å². The summed E-state index contributed by atoms with van der Waals surface area (Å²) in [6.07, 6.45) is 0. The van der Waals surface area contributed by atoms with Crippen LogP contribution >= 0.6 is 0 Å². The van der Waals surface area contributed by atoms with Crippen molar-refractivity contribution in [2.75, 3.05) is 12.8 Å². The highest BCUT2D eigenvalue weighted by Gasteiger charge is 2.18. The Balaban J connectivity index is 2.27. The zero-order valence-corrected chi connectivity index (χ0v) is 13.7. The number of aromatic nitrogens is 2. The number of aryl methyl sites for hydroxylation is 1. The molecule has 0 atom stereocenters. The van der Waals surface area contributed by atoms with Gasteiger partial charge >= 0.3 is 6.92 Å². The number of methoxy groups -OCH3 is 1. The summed E-state index contributed by atoms with van der Waals surface area (Å²) >= 11 is 0. The summed E-state index contributed by atoms with van der Waals surface area (Å²) in [7, 11) is 1.48. The number of nitrogen functional groups attached to an aromatic ring is 1. The number of fused-ring (bicyclic) bond motifs is 1. The van der Waals surface area contributed by atoms with Gasteiger partial charge in [0.05, 0.1) is 12.8 Å². The molecule has 0 bridgehead atoms. The molecule has 0 radical (unpaired) electrons. The van der Waals surface area contributed by atoms with Crippen LogP contribution in [0, 0.1) is 12.7 Å². The highest BCUT2D eigenvalue weighted by molar-refractivity contribution is 6.65. The van der Waals surface area contributed by atoms with Crippen molar-refractivity contribution in [2.24, 2.45) is 0 Å². The van der Waals surface area contributed by atoms with Gasteiger partial charge in [-0.2, -0.15) is 5.10 Å². The Kier molecular flexibility index (Phi) is 4.11.